The van der Waals surface area contributed by atoms with E-state index in [1.807, 2.05) is 6.08 Å². The van der Waals surface area contributed by atoms with Crippen molar-refractivity contribution >= 4 is 34.3 Å². The van der Waals surface area contributed by atoms with Crippen LogP contribution in [-0.2, 0) is 14.3 Å². The van der Waals surface area contributed by atoms with Gasteiger partial charge in [0, 0.05) is 11.8 Å². The van der Waals surface area contributed by atoms with Crippen molar-refractivity contribution in [3.8, 4) is 0 Å². The van der Waals surface area contributed by atoms with Crippen LogP contribution in [0, 0.1) is 29.1 Å². The third-order valence-corrected chi connectivity index (χ3v) is 9.21. The zero-order valence-corrected chi connectivity index (χ0v) is 18.7. The molecule has 3 fully saturated rings. The highest BCUT2D eigenvalue weighted by Crippen LogP contribution is 2.67. The van der Waals surface area contributed by atoms with Crippen molar-refractivity contribution in [1.82, 2.24) is 0 Å². The molecule has 148 valence electrons. The number of fused-ring (bicyclic) bond motifs is 5. The van der Waals surface area contributed by atoms with Gasteiger partial charge in [0.1, 0.15) is 5.60 Å². The van der Waals surface area contributed by atoms with E-state index in [2.05, 4.69) is 43.0 Å². The molecule has 3 saturated carbocycles. The van der Waals surface area contributed by atoms with Gasteiger partial charge >= 0.3 is 5.97 Å². The molecule has 4 rings (SSSR count). The van der Waals surface area contributed by atoms with Gasteiger partial charge < -0.3 is 4.74 Å². The first kappa shape index (κ1) is 19.7. The van der Waals surface area contributed by atoms with Gasteiger partial charge in [0.15, 0.2) is 5.78 Å². The van der Waals surface area contributed by atoms with E-state index in [9.17, 15) is 9.59 Å². The van der Waals surface area contributed by atoms with E-state index in [1.54, 1.807) is 0 Å². The molecule has 0 amide bonds. The highest BCUT2D eigenvalue weighted by atomic mass is 127. The summed E-state index contributed by atoms with van der Waals surface area (Å²) < 4.78 is 6.54. The second kappa shape index (κ2) is 7.00. The van der Waals surface area contributed by atoms with Gasteiger partial charge in [-0.25, -0.2) is 0 Å². The van der Waals surface area contributed by atoms with Crippen molar-refractivity contribution in [3.05, 3.63) is 23.8 Å². The van der Waals surface area contributed by atoms with E-state index in [1.165, 1.54) is 17.6 Å². The third-order valence-electron chi connectivity index (χ3n) is 8.59. The number of hydrogen-bond donors (Lipinski definition) is 0. The van der Waals surface area contributed by atoms with Crippen molar-refractivity contribution in [2.75, 3.05) is 4.43 Å². The zero-order chi connectivity index (χ0) is 19.4. The van der Waals surface area contributed by atoms with Gasteiger partial charge in [0.2, 0.25) is 0 Å². The van der Waals surface area contributed by atoms with Crippen molar-refractivity contribution < 1.29 is 14.3 Å². The van der Waals surface area contributed by atoms with Gasteiger partial charge in [-0.05, 0) is 87.2 Å². The SMILES string of the molecule is C=C1CC2C(CCC3(CC)C2CCC3(C)OC(=O)CI)C2CCC(=O)C=C12. The second-order valence-electron chi connectivity index (χ2n) is 9.38. The van der Waals surface area contributed by atoms with Gasteiger partial charge in [0.25, 0.3) is 0 Å². The zero-order valence-electron chi connectivity index (χ0n) is 16.6. The number of alkyl halides is 1. The average Bonchev–Trinajstić information content (AvgIpc) is 2.95. The normalized spacial score (nSPS) is 43.4. The Balaban J connectivity index is 1.66. The summed E-state index contributed by atoms with van der Waals surface area (Å²) in [6, 6.07) is 0. The Labute approximate surface area is 176 Å². The van der Waals surface area contributed by atoms with Crippen molar-refractivity contribution in [2.24, 2.45) is 29.1 Å². The molecule has 27 heavy (non-hydrogen) atoms. The molecule has 0 radical (unpaired) electrons. The number of allylic oxidation sites excluding steroid dienone is 2. The minimum Gasteiger partial charge on any atom is -0.458 e. The van der Waals surface area contributed by atoms with Gasteiger partial charge in [0.05, 0.1) is 4.43 Å². The van der Waals surface area contributed by atoms with Crippen LogP contribution in [-0.4, -0.2) is 21.8 Å². The topological polar surface area (TPSA) is 43.4 Å². The third kappa shape index (κ3) is 2.87. The van der Waals surface area contributed by atoms with E-state index in [-0.39, 0.29) is 22.8 Å². The van der Waals surface area contributed by atoms with E-state index < -0.39 is 0 Å². The minimum absolute atomic E-state index is 0.0715. The van der Waals surface area contributed by atoms with Crippen LogP contribution >= 0.6 is 22.6 Å². The molecule has 0 aromatic rings. The molecule has 3 nitrogen and oxygen atoms in total. The first-order chi connectivity index (χ1) is 12.8. The van der Waals surface area contributed by atoms with E-state index >= 15 is 0 Å². The number of rotatable bonds is 3. The standard InChI is InChI=1S/C23H31IO3/c1-4-23-10-7-17-16-6-5-15(25)12-18(16)14(2)11-19(17)20(23)8-9-22(23,3)27-21(26)13-24/h12,16-17,19-20H,2,4-11,13H2,1,3H3. The average molecular weight is 482 g/mol. The molecule has 0 heterocycles. The molecule has 0 N–H and O–H groups in total. The summed E-state index contributed by atoms with van der Waals surface area (Å²) >= 11 is 2.11. The fourth-order valence-corrected chi connectivity index (χ4v) is 7.57. The predicted octanol–water partition coefficient (Wildman–Crippen LogP) is 5.42. The summed E-state index contributed by atoms with van der Waals surface area (Å²) in [5, 5.41) is 0. The molecule has 0 bridgehead atoms. The maximum Gasteiger partial charge on any atom is 0.316 e. The predicted molar refractivity (Wildman–Crippen MR) is 115 cm³/mol. The first-order valence-corrected chi connectivity index (χ1v) is 12.1. The number of ether oxygens (including phenoxy) is 1. The number of halogens is 1. The molecule has 6 atom stereocenters. The lowest BCUT2D eigenvalue weighted by Gasteiger charge is -2.57. The Hall–Kier alpha value is -0.650. The number of carbonyl (C=O) groups excluding carboxylic acids is 2. The first-order valence-electron chi connectivity index (χ1n) is 10.6. The largest absolute Gasteiger partial charge is 0.458 e. The number of carbonyl (C=O) groups is 2. The van der Waals surface area contributed by atoms with Crippen LogP contribution in [0.1, 0.15) is 65.2 Å². The van der Waals surface area contributed by atoms with Crippen LogP contribution in [0.5, 0.6) is 0 Å². The summed E-state index contributed by atoms with van der Waals surface area (Å²) in [5.74, 6) is 2.62. The fourth-order valence-electron chi connectivity index (χ4n) is 7.41. The van der Waals surface area contributed by atoms with E-state index in [4.69, 9.17) is 4.74 Å². The van der Waals surface area contributed by atoms with Crippen LogP contribution in [0.25, 0.3) is 0 Å². The van der Waals surface area contributed by atoms with Crippen LogP contribution in [0.2, 0.25) is 0 Å². The van der Waals surface area contributed by atoms with Gasteiger partial charge in [-0.15, -0.1) is 0 Å². The lowest BCUT2D eigenvalue weighted by Crippen LogP contribution is -2.54. The molecule has 4 heteroatoms. The number of esters is 1. The van der Waals surface area contributed by atoms with Gasteiger partial charge in [-0.3, -0.25) is 9.59 Å². The minimum atomic E-state index is -0.334. The summed E-state index contributed by atoms with van der Waals surface area (Å²) in [5.41, 5.74) is 2.22. The lowest BCUT2D eigenvalue weighted by atomic mass is 9.49. The molecular weight excluding hydrogens is 451 g/mol. The second-order valence-corrected chi connectivity index (χ2v) is 10.1. The fraction of sp³-hybridized carbons (Fsp3) is 0.739. The molecular formula is C23H31IO3. The highest BCUT2D eigenvalue weighted by molar-refractivity contribution is 14.1. The molecule has 0 saturated heterocycles. The van der Waals surface area contributed by atoms with Crippen LogP contribution < -0.4 is 0 Å². The monoisotopic (exact) mass is 482 g/mol. The highest BCUT2D eigenvalue weighted by Gasteiger charge is 2.64. The Morgan fingerprint density at radius 2 is 2.07 bits per heavy atom. The number of ketones is 1. The molecule has 4 aliphatic carbocycles. The lowest BCUT2D eigenvalue weighted by molar-refractivity contribution is -0.178. The van der Waals surface area contributed by atoms with Gasteiger partial charge in [-0.2, -0.15) is 0 Å². The Bertz CT molecular complexity index is 710. The van der Waals surface area contributed by atoms with Crippen LogP contribution in [0.3, 0.4) is 0 Å². The summed E-state index contributed by atoms with van der Waals surface area (Å²) in [6.07, 6.45) is 10.1. The van der Waals surface area contributed by atoms with Crippen molar-refractivity contribution in [2.45, 2.75) is 70.8 Å². The molecule has 0 aromatic heterocycles. The quantitative estimate of drug-likeness (QED) is 0.307. The Kier molecular flexibility index (Phi) is 5.09. The maximum absolute atomic E-state index is 12.2. The summed E-state index contributed by atoms with van der Waals surface area (Å²) in [7, 11) is 0. The molecule has 0 spiro atoms. The molecule has 4 aliphatic rings. The Morgan fingerprint density at radius 3 is 2.78 bits per heavy atom. The van der Waals surface area contributed by atoms with Gasteiger partial charge in [-0.1, -0.05) is 41.7 Å². The van der Waals surface area contributed by atoms with Crippen molar-refractivity contribution in [1.29, 1.82) is 0 Å². The van der Waals surface area contributed by atoms with Crippen LogP contribution in [0.4, 0.5) is 0 Å². The van der Waals surface area contributed by atoms with Crippen LogP contribution in [0.15, 0.2) is 23.8 Å². The number of hydrogen-bond acceptors (Lipinski definition) is 3. The smallest absolute Gasteiger partial charge is 0.316 e. The molecule has 0 aromatic carbocycles. The maximum atomic E-state index is 12.2. The summed E-state index contributed by atoms with van der Waals surface area (Å²) in [4.78, 5) is 24.1. The van der Waals surface area contributed by atoms with E-state index in [0.717, 1.165) is 38.5 Å². The summed E-state index contributed by atoms with van der Waals surface area (Å²) in [6.45, 7) is 8.86. The van der Waals surface area contributed by atoms with E-state index in [0.29, 0.717) is 34.5 Å². The Morgan fingerprint density at radius 1 is 1.30 bits per heavy atom. The van der Waals surface area contributed by atoms with Crippen molar-refractivity contribution in [3.63, 3.8) is 0 Å². The molecule has 6 unspecified atom stereocenters. The molecule has 0 aliphatic heterocycles.